The van der Waals surface area contributed by atoms with Gasteiger partial charge in [0.25, 0.3) is 0 Å². The Bertz CT molecular complexity index is 730. The number of ether oxygens (including phenoxy) is 2. The molecule has 124 valence electrons. The smallest absolute Gasteiger partial charge is 0.343 e. The largest absolute Gasteiger partial charge is 0.495 e. The fraction of sp³-hybridized carbons (Fsp3) is 0.300. The van der Waals surface area contributed by atoms with Crippen LogP contribution in [-0.4, -0.2) is 13.1 Å². The number of hydrogen-bond acceptors (Lipinski definition) is 4. The van der Waals surface area contributed by atoms with E-state index in [0.29, 0.717) is 22.6 Å². The van der Waals surface area contributed by atoms with Gasteiger partial charge >= 0.3 is 5.97 Å². The molecule has 0 saturated carbocycles. The van der Waals surface area contributed by atoms with Crippen molar-refractivity contribution in [3.8, 4) is 17.6 Å². The minimum Gasteiger partial charge on any atom is -0.495 e. The van der Waals surface area contributed by atoms with Gasteiger partial charge in [0.1, 0.15) is 17.6 Å². The van der Waals surface area contributed by atoms with Crippen LogP contribution in [0.25, 0.3) is 0 Å². The number of rotatable bonds is 7. The number of unbranched alkanes of at least 4 members (excludes halogenated alkanes) is 2. The molecule has 0 N–H and O–H groups in total. The highest BCUT2D eigenvalue weighted by atomic mass is 16.5. The van der Waals surface area contributed by atoms with Gasteiger partial charge in [-0.25, -0.2) is 4.79 Å². The lowest BCUT2D eigenvalue weighted by atomic mass is 10.1. The van der Waals surface area contributed by atoms with Gasteiger partial charge in [-0.1, -0.05) is 31.9 Å². The van der Waals surface area contributed by atoms with Crippen molar-refractivity contribution in [2.24, 2.45) is 0 Å². The van der Waals surface area contributed by atoms with Gasteiger partial charge in [-0.05, 0) is 48.7 Å². The molecule has 0 spiro atoms. The number of aryl methyl sites for hydroxylation is 1. The molecule has 2 rings (SSSR count). The molecule has 0 heterocycles. The zero-order chi connectivity index (χ0) is 17.4. The number of nitrogens with zero attached hydrogens (tertiary/aromatic N) is 1. The maximum atomic E-state index is 12.2. The first-order valence-electron chi connectivity index (χ1n) is 8.07. The standard InChI is InChI=1S/C20H21NO3/c1-3-4-5-6-15-7-10-18(11-8-15)24-20(22)16-9-12-19(23-2)17(13-16)14-21/h7-13H,3-6H2,1-2H3. The lowest BCUT2D eigenvalue weighted by Gasteiger charge is -2.07. The van der Waals surface area contributed by atoms with Crippen LogP contribution in [0.2, 0.25) is 0 Å². The van der Waals surface area contributed by atoms with E-state index in [1.165, 1.54) is 38.0 Å². The summed E-state index contributed by atoms with van der Waals surface area (Å²) in [6.45, 7) is 2.18. The number of carbonyl (C=O) groups excluding carboxylic acids is 1. The first kappa shape index (κ1) is 17.6. The molecule has 0 aromatic heterocycles. The Hall–Kier alpha value is -2.80. The maximum absolute atomic E-state index is 12.2. The van der Waals surface area contributed by atoms with Crippen LogP contribution in [0.4, 0.5) is 0 Å². The van der Waals surface area contributed by atoms with Crippen molar-refractivity contribution in [1.29, 1.82) is 5.26 Å². The third kappa shape index (κ3) is 4.60. The summed E-state index contributed by atoms with van der Waals surface area (Å²) in [5.41, 5.74) is 1.86. The zero-order valence-corrected chi connectivity index (χ0v) is 14.0. The van der Waals surface area contributed by atoms with Crippen LogP contribution >= 0.6 is 0 Å². The number of carbonyl (C=O) groups is 1. The van der Waals surface area contributed by atoms with Gasteiger partial charge < -0.3 is 9.47 Å². The molecule has 0 atom stereocenters. The second-order valence-corrected chi connectivity index (χ2v) is 5.52. The minimum atomic E-state index is -0.493. The number of methoxy groups -OCH3 is 1. The summed E-state index contributed by atoms with van der Waals surface area (Å²) < 4.78 is 10.4. The quantitative estimate of drug-likeness (QED) is 0.427. The van der Waals surface area contributed by atoms with Crippen LogP contribution in [0.1, 0.15) is 47.7 Å². The van der Waals surface area contributed by atoms with Crippen molar-refractivity contribution < 1.29 is 14.3 Å². The predicted molar refractivity (Wildman–Crippen MR) is 92.3 cm³/mol. The average Bonchev–Trinajstić information content (AvgIpc) is 2.62. The Kier molecular flexibility index (Phi) is 6.39. The molecular weight excluding hydrogens is 302 g/mol. The molecule has 0 amide bonds. The molecule has 0 unspecified atom stereocenters. The van der Waals surface area contributed by atoms with Crippen LogP contribution in [-0.2, 0) is 6.42 Å². The van der Waals surface area contributed by atoms with E-state index >= 15 is 0 Å². The topological polar surface area (TPSA) is 59.3 Å². The minimum absolute atomic E-state index is 0.304. The number of nitriles is 1. The SMILES string of the molecule is CCCCCc1ccc(OC(=O)c2ccc(OC)c(C#N)c2)cc1. The molecule has 2 aromatic rings. The molecule has 0 saturated heterocycles. The lowest BCUT2D eigenvalue weighted by molar-refractivity contribution is 0.0734. The Morgan fingerprint density at radius 2 is 1.88 bits per heavy atom. The maximum Gasteiger partial charge on any atom is 0.343 e. The summed E-state index contributed by atoms with van der Waals surface area (Å²) >= 11 is 0. The Morgan fingerprint density at radius 3 is 2.50 bits per heavy atom. The third-order valence-corrected chi connectivity index (χ3v) is 3.76. The third-order valence-electron chi connectivity index (χ3n) is 3.76. The lowest BCUT2D eigenvalue weighted by Crippen LogP contribution is -2.09. The van der Waals surface area contributed by atoms with E-state index in [1.807, 2.05) is 18.2 Å². The van der Waals surface area contributed by atoms with Gasteiger partial charge in [0, 0.05) is 0 Å². The molecule has 0 aliphatic heterocycles. The van der Waals surface area contributed by atoms with Crippen LogP contribution in [0.3, 0.4) is 0 Å². The summed E-state index contributed by atoms with van der Waals surface area (Å²) in [5, 5.41) is 9.08. The number of hydrogen-bond donors (Lipinski definition) is 0. The Morgan fingerprint density at radius 1 is 1.12 bits per heavy atom. The van der Waals surface area contributed by atoms with E-state index in [0.717, 1.165) is 6.42 Å². The van der Waals surface area contributed by atoms with Crippen LogP contribution in [0.5, 0.6) is 11.5 Å². The van der Waals surface area contributed by atoms with E-state index < -0.39 is 5.97 Å². The molecule has 4 heteroatoms. The van der Waals surface area contributed by atoms with E-state index in [4.69, 9.17) is 14.7 Å². The number of esters is 1. The first-order valence-corrected chi connectivity index (χ1v) is 8.07. The van der Waals surface area contributed by atoms with E-state index in [9.17, 15) is 4.79 Å². The van der Waals surface area contributed by atoms with Crippen molar-refractivity contribution in [2.75, 3.05) is 7.11 Å². The molecule has 0 aliphatic carbocycles. The summed E-state index contributed by atoms with van der Waals surface area (Å²) in [6.07, 6.45) is 4.61. The molecule has 2 aromatic carbocycles. The summed E-state index contributed by atoms with van der Waals surface area (Å²) in [6, 6.07) is 14.2. The van der Waals surface area contributed by atoms with Gasteiger partial charge in [0.05, 0.1) is 18.2 Å². The van der Waals surface area contributed by atoms with Crippen molar-refractivity contribution in [1.82, 2.24) is 0 Å². The monoisotopic (exact) mass is 323 g/mol. The van der Waals surface area contributed by atoms with Crippen LogP contribution in [0, 0.1) is 11.3 Å². The highest BCUT2D eigenvalue weighted by Gasteiger charge is 2.12. The van der Waals surface area contributed by atoms with Gasteiger partial charge in [-0.15, -0.1) is 0 Å². The molecule has 24 heavy (non-hydrogen) atoms. The average molecular weight is 323 g/mol. The van der Waals surface area contributed by atoms with Crippen molar-refractivity contribution >= 4 is 5.97 Å². The summed E-state index contributed by atoms with van der Waals surface area (Å²) in [7, 11) is 1.48. The zero-order valence-electron chi connectivity index (χ0n) is 14.0. The fourth-order valence-electron chi connectivity index (χ4n) is 2.39. The van der Waals surface area contributed by atoms with Crippen LogP contribution < -0.4 is 9.47 Å². The van der Waals surface area contributed by atoms with E-state index in [-0.39, 0.29) is 0 Å². The van der Waals surface area contributed by atoms with Gasteiger partial charge in [-0.2, -0.15) is 5.26 Å². The number of benzene rings is 2. The molecule has 0 radical (unpaired) electrons. The summed E-state index contributed by atoms with van der Waals surface area (Å²) in [4.78, 5) is 12.2. The highest BCUT2D eigenvalue weighted by molar-refractivity contribution is 5.91. The Balaban J connectivity index is 2.03. The first-order chi connectivity index (χ1) is 11.7. The van der Waals surface area contributed by atoms with Gasteiger partial charge in [0.15, 0.2) is 0 Å². The molecule has 0 fully saturated rings. The highest BCUT2D eigenvalue weighted by Crippen LogP contribution is 2.21. The Labute approximate surface area is 142 Å². The van der Waals surface area contributed by atoms with Gasteiger partial charge in [0.2, 0.25) is 0 Å². The normalized spacial score (nSPS) is 10.0. The van der Waals surface area contributed by atoms with Crippen molar-refractivity contribution in [2.45, 2.75) is 32.6 Å². The molecule has 0 bridgehead atoms. The molecule has 0 aliphatic rings. The van der Waals surface area contributed by atoms with Crippen molar-refractivity contribution in [3.63, 3.8) is 0 Å². The van der Waals surface area contributed by atoms with Gasteiger partial charge in [-0.3, -0.25) is 0 Å². The second-order valence-electron chi connectivity index (χ2n) is 5.52. The molecular formula is C20H21NO3. The second kappa shape index (κ2) is 8.73. The van der Waals surface area contributed by atoms with E-state index in [2.05, 4.69) is 6.92 Å². The van der Waals surface area contributed by atoms with Crippen molar-refractivity contribution in [3.05, 3.63) is 59.2 Å². The van der Waals surface area contributed by atoms with Crippen LogP contribution in [0.15, 0.2) is 42.5 Å². The fourth-order valence-corrected chi connectivity index (χ4v) is 2.39. The van der Waals surface area contributed by atoms with E-state index in [1.54, 1.807) is 24.3 Å². The summed E-state index contributed by atoms with van der Waals surface area (Å²) in [5.74, 6) is 0.437. The predicted octanol–water partition coefficient (Wildman–Crippen LogP) is 4.52. The molecule has 4 nitrogen and oxygen atoms in total.